The average Bonchev–Trinajstić information content (AvgIpc) is 3.30. The third kappa shape index (κ3) is 2.98. The monoisotopic (exact) mass is 420 g/mol. The number of benzene rings is 3. The molecule has 0 unspecified atom stereocenters. The second kappa shape index (κ2) is 7.02. The molecule has 5 rings (SSSR count). The zero-order valence-corrected chi connectivity index (χ0v) is 16.9. The minimum atomic E-state index is -0.209. The van der Waals surface area contributed by atoms with Crippen LogP contribution in [0.5, 0.6) is 0 Å². The highest BCUT2D eigenvalue weighted by Crippen LogP contribution is 2.37. The van der Waals surface area contributed by atoms with Crippen LogP contribution in [0.2, 0.25) is 5.02 Å². The molecule has 28 heavy (non-hydrogen) atoms. The van der Waals surface area contributed by atoms with Gasteiger partial charge in [0.05, 0.1) is 20.9 Å². The van der Waals surface area contributed by atoms with Crippen LogP contribution in [0.25, 0.3) is 30.9 Å². The molecule has 0 spiro atoms. The number of anilines is 1. The summed E-state index contributed by atoms with van der Waals surface area (Å²) in [7, 11) is 0. The summed E-state index contributed by atoms with van der Waals surface area (Å²) in [6.45, 7) is 0. The number of amides is 1. The van der Waals surface area contributed by atoms with Gasteiger partial charge in [0.25, 0.3) is 5.91 Å². The smallest absolute Gasteiger partial charge is 0.267 e. The summed E-state index contributed by atoms with van der Waals surface area (Å²) in [4.78, 5) is 18.2. The Morgan fingerprint density at radius 3 is 2.39 bits per heavy atom. The Morgan fingerprint density at radius 2 is 1.57 bits per heavy atom. The van der Waals surface area contributed by atoms with Crippen molar-refractivity contribution >= 4 is 66.2 Å². The van der Waals surface area contributed by atoms with E-state index in [0.29, 0.717) is 9.90 Å². The van der Waals surface area contributed by atoms with E-state index >= 15 is 0 Å². The second-order valence-electron chi connectivity index (χ2n) is 6.23. The maximum atomic E-state index is 13.0. The minimum Gasteiger partial charge on any atom is -0.321 e. The van der Waals surface area contributed by atoms with E-state index in [9.17, 15) is 4.79 Å². The van der Waals surface area contributed by atoms with Crippen molar-refractivity contribution in [3.63, 3.8) is 0 Å². The van der Waals surface area contributed by atoms with Crippen LogP contribution in [0.3, 0.4) is 0 Å². The molecular weight excluding hydrogens is 408 g/mol. The van der Waals surface area contributed by atoms with Gasteiger partial charge in [-0.3, -0.25) is 4.79 Å². The number of rotatable bonds is 3. The molecule has 3 nitrogen and oxygen atoms in total. The van der Waals surface area contributed by atoms with Crippen LogP contribution in [0.15, 0.2) is 72.8 Å². The van der Waals surface area contributed by atoms with Gasteiger partial charge in [-0.2, -0.15) is 0 Å². The molecule has 0 saturated heterocycles. The maximum absolute atomic E-state index is 13.0. The van der Waals surface area contributed by atoms with E-state index in [2.05, 4.69) is 11.4 Å². The van der Waals surface area contributed by atoms with Crippen molar-refractivity contribution in [2.45, 2.75) is 0 Å². The van der Waals surface area contributed by atoms with Gasteiger partial charge < -0.3 is 5.32 Å². The van der Waals surface area contributed by atoms with Gasteiger partial charge in [-0.15, -0.1) is 22.7 Å². The number of halogens is 1. The zero-order valence-electron chi connectivity index (χ0n) is 14.5. The molecule has 0 aliphatic heterocycles. The van der Waals surface area contributed by atoms with Crippen molar-refractivity contribution in [3.05, 3.63) is 82.7 Å². The molecule has 0 atom stereocenters. The molecule has 1 N–H and O–H groups in total. The topological polar surface area (TPSA) is 42.0 Å². The fourth-order valence-corrected chi connectivity index (χ4v) is 5.52. The number of para-hydroxylation sites is 2. The van der Waals surface area contributed by atoms with E-state index in [1.165, 1.54) is 11.3 Å². The van der Waals surface area contributed by atoms with Crippen molar-refractivity contribution in [1.82, 2.24) is 4.98 Å². The number of thiazole rings is 1. The second-order valence-corrected chi connectivity index (χ2v) is 8.69. The first-order chi connectivity index (χ1) is 13.7. The normalized spacial score (nSPS) is 11.2. The molecule has 3 aromatic carbocycles. The van der Waals surface area contributed by atoms with Crippen molar-refractivity contribution in [2.24, 2.45) is 0 Å². The first kappa shape index (κ1) is 17.4. The number of carbonyl (C=O) groups is 1. The Kier molecular flexibility index (Phi) is 4.36. The molecule has 5 aromatic rings. The van der Waals surface area contributed by atoms with E-state index in [1.807, 2.05) is 66.7 Å². The molecule has 2 aromatic heterocycles. The van der Waals surface area contributed by atoms with Crippen LogP contribution in [-0.2, 0) is 0 Å². The van der Waals surface area contributed by atoms with Crippen molar-refractivity contribution < 1.29 is 4.79 Å². The number of aromatic nitrogens is 1. The van der Waals surface area contributed by atoms with Gasteiger partial charge in [0.2, 0.25) is 0 Å². The predicted octanol–water partition coefficient (Wildman–Crippen LogP) is 7.08. The lowest BCUT2D eigenvalue weighted by molar-refractivity contribution is 0.103. The van der Waals surface area contributed by atoms with Gasteiger partial charge >= 0.3 is 0 Å². The summed E-state index contributed by atoms with van der Waals surface area (Å²) in [5, 5.41) is 5.30. The van der Waals surface area contributed by atoms with E-state index < -0.39 is 0 Å². The van der Waals surface area contributed by atoms with Crippen LogP contribution < -0.4 is 5.32 Å². The molecule has 0 bridgehead atoms. The van der Waals surface area contributed by atoms with Crippen molar-refractivity contribution in [2.75, 3.05) is 5.32 Å². The highest BCUT2D eigenvalue weighted by atomic mass is 35.5. The molecule has 0 aliphatic carbocycles. The summed E-state index contributed by atoms with van der Waals surface area (Å²) < 4.78 is 2.11. The highest BCUT2D eigenvalue weighted by molar-refractivity contribution is 7.22. The minimum absolute atomic E-state index is 0.209. The molecular formula is C22H13ClN2OS2. The van der Waals surface area contributed by atoms with E-state index in [1.54, 1.807) is 11.3 Å². The summed E-state index contributed by atoms with van der Waals surface area (Å²) >= 11 is 9.48. The Morgan fingerprint density at radius 1 is 0.857 bits per heavy atom. The molecule has 0 fully saturated rings. The zero-order chi connectivity index (χ0) is 19.1. The van der Waals surface area contributed by atoms with Crippen molar-refractivity contribution in [3.8, 4) is 10.6 Å². The molecule has 0 aliphatic rings. The highest BCUT2D eigenvalue weighted by Gasteiger charge is 2.19. The van der Waals surface area contributed by atoms with E-state index in [4.69, 9.17) is 16.6 Å². The lowest BCUT2D eigenvalue weighted by atomic mass is 10.2. The maximum Gasteiger partial charge on any atom is 0.267 e. The predicted molar refractivity (Wildman–Crippen MR) is 120 cm³/mol. The largest absolute Gasteiger partial charge is 0.321 e. The number of carbonyl (C=O) groups excluding carboxylic acids is 1. The number of fused-ring (bicyclic) bond motifs is 2. The first-order valence-electron chi connectivity index (χ1n) is 8.64. The Balaban J connectivity index is 1.53. The third-order valence-electron chi connectivity index (χ3n) is 4.44. The van der Waals surface area contributed by atoms with Crippen molar-refractivity contribution in [1.29, 1.82) is 0 Å². The fraction of sp³-hybridized carbons (Fsp3) is 0. The quantitative estimate of drug-likeness (QED) is 0.338. The standard InChI is InChI=1S/C22H13ClN2OS2/c23-19-14-8-2-5-11-17(14)27-20(19)21(26)24-15-9-3-1-7-13(15)22-25-16-10-4-6-12-18(16)28-22/h1-12H,(H,24,26). The van der Waals surface area contributed by atoms with Crippen LogP contribution in [0.1, 0.15) is 9.67 Å². The van der Waals surface area contributed by atoms with Crippen LogP contribution in [0, 0.1) is 0 Å². The van der Waals surface area contributed by atoms with Gasteiger partial charge in [-0.25, -0.2) is 4.98 Å². The Labute approximate surface area is 174 Å². The number of thiophene rings is 1. The summed E-state index contributed by atoms with van der Waals surface area (Å²) in [6, 6.07) is 23.5. The fourth-order valence-electron chi connectivity index (χ4n) is 3.11. The van der Waals surface area contributed by atoms with E-state index in [-0.39, 0.29) is 5.91 Å². The molecule has 0 radical (unpaired) electrons. The molecule has 1 amide bonds. The number of hydrogen-bond acceptors (Lipinski definition) is 4. The van der Waals surface area contributed by atoms with Gasteiger partial charge in [0, 0.05) is 15.6 Å². The summed E-state index contributed by atoms with van der Waals surface area (Å²) in [6.07, 6.45) is 0. The van der Waals surface area contributed by atoms with Gasteiger partial charge in [-0.05, 0) is 30.3 Å². The van der Waals surface area contributed by atoms with Gasteiger partial charge in [0.15, 0.2) is 0 Å². The third-order valence-corrected chi connectivity index (χ3v) is 7.18. The van der Waals surface area contributed by atoms with Gasteiger partial charge in [0.1, 0.15) is 9.88 Å². The molecule has 0 saturated carbocycles. The van der Waals surface area contributed by atoms with Crippen LogP contribution in [0.4, 0.5) is 5.69 Å². The SMILES string of the molecule is O=C(Nc1ccccc1-c1nc2ccccc2s1)c1sc2ccccc2c1Cl. The first-order valence-corrected chi connectivity index (χ1v) is 10.6. The Bertz CT molecular complexity index is 1310. The number of nitrogens with zero attached hydrogens (tertiary/aromatic N) is 1. The lowest BCUT2D eigenvalue weighted by Gasteiger charge is -2.08. The Hall–Kier alpha value is -2.73. The molecule has 136 valence electrons. The number of hydrogen-bond donors (Lipinski definition) is 1. The van der Waals surface area contributed by atoms with Gasteiger partial charge in [-0.1, -0.05) is 54.1 Å². The number of nitrogens with one attached hydrogen (secondary N) is 1. The summed E-state index contributed by atoms with van der Waals surface area (Å²) in [5.41, 5.74) is 2.57. The van der Waals surface area contributed by atoms with Crippen LogP contribution in [-0.4, -0.2) is 10.9 Å². The van der Waals surface area contributed by atoms with Crippen LogP contribution >= 0.6 is 34.3 Å². The average molecular weight is 421 g/mol. The summed E-state index contributed by atoms with van der Waals surface area (Å²) in [5.74, 6) is -0.209. The lowest BCUT2D eigenvalue weighted by Crippen LogP contribution is -2.11. The van der Waals surface area contributed by atoms with E-state index in [0.717, 1.165) is 36.6 Å². The molecule has 2 heterocycles. The molecule has 6 heteroatoms.